The SMILES string of the molecule is OC(Cc1nc(C2COc3ccccc32)no1)C1CC1. The van der Waals surface area contributed by atoms with Gasteiger partial charge >= 0.3 is 0 Å². The number of aliphatic hydroxyl groups excluding tert-OH is 1. The average molecular weight is 272 g/mol. The Morgan fingerprint density at radius 2 is 2.15 bits per heavy atom. The van der Waals surface area contributed by atoms with E-state index in [1.165, 1.54) is 0 Å². The fraction of sp³-hybridized carbons (Fsp3) is 0.467. The van der Waals surface area contributed by atoms with Gasteiger partial charge in [0.15, 0.2) is 5.82 Å². The molecule has 1 N–H and O–H groups in total. The number of fused-ring (bicyclic) bond motifs is 1. The number of para-hydroxylation sites is 1. The van der Waals surface area contributed by atoms with E-state index in [9.17, 15) is 5.11 Å². The van der Waals surface area contributed by atoms with Crippen molar-refractivity contribution in [2.24, 2.45) is 5.92 Å². The maximum Gasteiger partial charge on any atom is 0.229 e. The third-order valence-electron chi connectivity index (χ3n) is 4.05. The minimum absolute atomic E-state index is 0.0294. The summed E-state index contributed by atoms with van der Waals surface area (Å²) in [4.78, 5) is 4.42. The van der Waals surface area contributed by atoms with Gasteiger partial charge in [-0.1, -0.05) is 23.4 Å². The van der Waals surface area contributed by atoms with Crippen molar-refractivity contribution in [2.45, 2.75) is 31.3 Å². The highest BCUT2D eigenvalue weighted by Crippen LogP contribution is 2.37. The van der Waals surface area contributed by atoms with Gasteiger partial charge in [-0.2, -0.15) is 4.98 Å². The van der Waals surface area contributed by atoms with Gasteiger partial charge in [-0.25, -0.2) is 0 Å². The number of hydrogen-bond acceptors (Lipinski definition) is 5. The third kappa shape index (κ3) is 2.08. The van der Waals surface area contributed by atoms with Crippen LogP contribution in [0.25, 0.3) is 0 Å². The van der Waals surface area contributed by atoms with Crippen molar-refractivity contribution in [3.05, 3.63) is 41.5 Å². The minimum Gasteiger partial charge on any atom is -0.492 e. The monoisotopic (exact) mass is 272 g/mol. The van der Waals surface area contributed by atoms with Gasteiger partial charge in [-0.05, 0) is 24.8 Å². The van der Waals surface area contributed by atoms with Gasteiger partial charge in [0.2, 0.25) is 5.89 Å². The van der Waals surface area contributed by atoms with E-state index >= 15 is 0 Å². The fourth-order valence-electron chi connectivity index (χ4n) is 2.70. The molecular formula is C15H16N2O3. The van der Waals surface area contributed by atoms with Gasteiger partial charge in [0.05, 0.1) is 18.4 Å². The van der Waals surface area contributed by atoms with Crippen molar-refractivity contribution >= 4 is 0 Å². The zero-order chi connectivity index (χ0) is 13.5. The summed E-state index contributed by atoms with van der Waals surface area (Å²) in [6.45, 7) is 0.545. The van der Waals surface area contributed by atoms with Crippen LogP contribution in [0, 0.1) is 5.92 Å². The lowest BCUT2D eigenvalue weighted by Crippen LogP contribution is -2.13. The fourth-order valence-corrected chi connectivity index (χ4v) is 2.70. The summed E-state index contributed by atoms with van der Waals surface area (Å²) >= 11 is 0. The van der Waals surface area contributed by atoms with Gasteiger partial charge in [-0.15, -0.1) is 0 Å². The van der Waals surface area contributed by atoms with Crippen molar-refractivity contribution < 1.29 is 14.4 Å². The van der Waals surface area contributed by atoms with Crippen LogP contribution in [0.1, 0.15) is 36.0 Å². The molecule has 1 aliphatic carbocycles. The summed E-state index contributed by atoms with van der Waals surface area (Å²) in [7, 11) is 0. The van der Waals surface area contributed by atoms with Gasteiger partial charge in [0, 0.05) is 5.56 Å². The van der Waals surface area contributed by atoms with E-state index < -0.39 is 0 Å². The molecule has 2 aliphatic rings. The average Bonchev–Trinajstić information content (AvgIpc) is 3.08. The van der Waals surface area contributed by atoms with Crippen molar-refractivity contribution in [2.75, 3.05) is 6.61 Å². The Balaban J connectivity index is 1.53. The Bertz CT molecular complexity index is 621. The Morgan fingerprint density at radius 1 is 1.30 bits per heavy atom. The van der Waals surface area contributed by atoms with Gasteiger partial charge in [0.1, 0.15) is 12.4 Å². The van der Waals surface area contributed by atoms with E-state index in [4.69, 9.17) is 9.26 Å². The number of rotatable bonds is 4. The van der Waals surface area contributed by atoms with Crippen molar-refractivity contribution in [3.63, 3.8) is 0 Å². The highest BCUT2D eigenvalue weighted by Gasteiger charge is 2.33. The second-order valence-corrected chi connectivity index (χ2v) is 5.56. The first-order valence-corrected chi connectivity index (χ1v) is 7.03. The molecule has 104 valence electrons. The molecule has 1 fully saturated rings. The lowest BCUT2D eigenvalue weighted by molar-refractivity contribution is 0.140. The Morgan fingerprint density at radius 3 is 3.00 bits per heavy atom. The topological polar surface area (TPSA) is 68.4 Å². The van der Waals surface area contributed by atoms with Crippen LogP contribution in [0.4, 0.5) is 0 Å². The lowest BCUT2D eigenvalue weighted by atomic mass is 10.0. The second kappa shape index (κ2) is 4.59. The Hall–Kier alpha value is -1.88. The predicted octanol–water partition coefficient (Wildman–Crippen LogP) is 1.91. The van der Waals surface area contributed by atoms with E-state index in [2.05, 4.69) is 10.1 Å². The first-order valence-electron chi connectivity index (χ1n) is 7.03. The zero-order valence-electron chi connectivity index (χ0n) is 11.0. The predicted molar refractivity (Wildman–Crippen MR) is 70.5 cm³/mol. The molecule has 2 heterocycles. The molecule has 2 atom stereocenters. The normalized spacial score (nSPS) is 22.4. The van der Waals surface area contributed by atoms with E-state index in [1.54, 1.807) is 0 Å². The Labute approximate surface area is 116 Å². The summed E-state index contributed by atoms with van der Waals surface area (Å²) in [6, 6.07) is 7.92. The molecule has 1 saturated carbocycles. The zero-order valence-corrected chi connectivity index (χ0v) is 11.0. The number of aliphatic hydroxyl groups is 1. The van der Waals surface area contributed by atoms with E-state index in [1.807, 2.05) is 24.3 Å². The molecule has 0 radical (unpaired) electrons. The van der Waals surface area contributed by atoms with Crippen LogP contribution < -0.4 is 4.74 Å². The summed E-state index contributed by atoms with van der Waals surface area (Å²) in [6.07, 6.45) is 2.31. The largest absolute Gasteiger partial charge is 0.492 e. The molecule has 2 aromatic rings. The molecule has 5 heteroatoms. The van der Waals surface area contributed by atoms with Crippen molar-refractivity contribution in [1.29, 1.82) is 0 Å². The maximum atomic E-state index is 9.92. The van der Waals surface area contributed by atoms with Crippen LogP contribution >= 0.6 is 0 Å². The number of aromatic nitrogens is 2. The molecule has 1 aromatic heterocycles. The molecule has 1 aliphatic heterocycles. The van der Waals surface area contributed by atoms with E-state index in [0.29, 0.717) is 30.7 Å². The number of hydrogen-bond donors (Lipinski definition) is 1. The Kier molecular flexibility index (Phi) is 2.73. The molecule has 0 spiro atoms. The smallest absolute Gasteiger partial charge is 0.229 e. The second-order valence-electron chi connectivity index (χ2n) is 5.56. The van der Waals surface area contributed by atoms with Crippen LogP contribution in [0.3, 0.4) is 0 Å². The molecule has 2 unspecified atom stereocenters. The minimum atomic E-state index is -0.351. The third-order valence-corrected chi connectivity index (χ3v) is 4.05. The highest BCUT2D eigenvalue weighted by molar-refractivity contribution is 5.42. The summed E-state index contributed by atoms with van der Waals surface area (Å²) in [5.41, 5.74) is 1.10. The van der Waals surface area contributed by atoms with Crippen LogP contribution in [-0.2, 0) is 6.42 Å². The molecule has 5 nitrogen and oxygen atoms in total. The first-order chi connectivity index (χ1) is 9.81. The van der Waals surface area contributed by atoms with Gasteiger partial charge < -0.3 is 14.4 Å². The number of benzene rings is 1. The van der Waals surface area contributed by atoms with Crippen LogP contribution in [0.15, 0.2) is 28.8 Å². The van der Waals surface area contributed by atoms with Gasteiger partial charge in [0.25, 0.3) is 0 Å². The van der Waals surface area contributed by atoms with Crippen molar-refractivity contribution in [1.82, 2.24) is 10.1 Å². The quantitative estimate of drug-likeness (QED) is 0.920. The number of nitrogens with zero attached hydrogens (tertiary/aromatic N) is 2. The standard InChI is InChI=1S/C15H16N2O3/c18-12(9-5-6-9)7-14-16-15(17-20-14)11-8-19-13-4-2-1-3-10(11)13/h1-4,9,11-12,18H,5-8H2. The first kappa shape index (κ1) is 11.9. The van der Waals surface area contributed by atoms with Crippen LogP contribution in [0.5, 0.6) is 5.75 Å². The van der Waals surface area contributed by atoms with Crippen molar-refractivity contribution in [3.8, 4) is 5.75 Å². The van der Waals surface area contributed by atoms with Crippen LogP contribution in [0.2, 0.25) is 0 Å². The molecule has 20 heavy (non-hydrogen) atoms. The molecule has 0 saturated heterocycles. The highest BCUT2D eigenvalue weighted by atomic mass is 16.5. The molecule has 0 amide bonds. The molecule has 4 rings (SSSR count). The van der Waals surface area contributed by atoms with Crippen LogP contribution in [-0.4, -0.2) is 28.0 Å². The van der Waals surface area contributed by atoms with E-state index in [-0.39, 0.29) is 12.0 Å². The van der Waals surface area contributed by atoms with E-state index in [0.717, 1.165) is 24.2 Å². The number of ether oxygens (including phenoxy) is 1. The summed E-state index contributed by atoms with van der Waals surface area (Å²) < 4.78 is 10.9. The lowest BCUT2D eigenvalue weighted by Gasteiger charge is -2.04. The van der Waals surface area contributed by atoms with Gasteiger partial charge in [-0.3, -0.25) is 0 Å². The molecular weight excluding hydrogens is 256 g/mol. The summed E-state index contributed by atoms with van der Waals surface area (Å²) in [5.74, 6) is 2.50. The molecule has 0 bridgehead atoms. The summed E-state index contributed by atoms with van der Waals surface area (Å²) in [5, 5.41) is 14.0. The maximum absolute atomic E-state index is 9.92. The molecule has 1 aromatic carbocycles.